The van der Waals surface area contributed by atoms with E-state index in [-0.39, 0.29) is 5.95 Å². The summed E-state index contributed by atoms with van der Waals surface area (Å²) in [6.07, 6.45) is 0.826. The number of nitrogens with one attached hydrogen (secondary N) is 1. The van der Waals surface area contributed by atoms with Gasteiger partial charge in [-0.25, -0.2) is 4.98 Å². The first-order chi connectivity index (χ1) is 12.6. The first-order valence-electron chi connectivity index (χ1n) is 8.65. The number of nitrogen functional groups attached to an aromatic ring is 1. The second-order valence-corrected chi connectivity index (χ2v) is 6.23. The maximum absolute atomic E-state index is 5.93. The van der Waals surface area contributed by atoms with E-state index in [1.165, 1.54) is 11.1 Å². The van der Waals surface area contributed by atoms with Gasteiger partial charge in [0.2, 0.25) is 5.95 Å². The molecular formula is C21H24N4O. The number of benzene rings is 2. The van der Waals surface area contributed by atoms with Crippen LogP contribution in [0.15, 0.2) is 48.5 Å². The molecule has 0 aliphatic heterocycles. The average Bonchev–Trinajstić information content (AvgIpc) is 2.64. The van der Waals surface area contributed by atoms with Gasteiger partial charge >= 0.3 is 0 Å². The Kier molecular flexibility index (Phi) is 5.37. The zero-order valence-electron chi connectivity index (χ0n) is 15.4. The molecule has 1 heterocycles. The smallest absolute Gasteiger partial charge is 0.222 e. The van der Waals surface area contributed by atoms with Crippen molar-refractivity contribution < 1.29 is 4.74 Å². The van der Waals surface area contributed by atoms with Crippen molar-refractivity contribution in [2.75, 3.05) is 24.7 Å². The summed E-state index contributed by atoms with van der Waals surface area (Å²) in [7, 11) is 1.69. The van der Waals surface area contributed by atoms with Crippen LogP contribution in [0.25, 0.3) is 11.3 Å². The summed E-state index contributed by atoms with van der Waals surface area (Å²) in [5.74, 6) is 1.89. The van der Waals surface area contributed by atoms with Gasteiger partial charge in [0.25, 0.3) is 0 Å². The van der Waals surface area contributed by atoms with Gasteiger partial charge in [0.05, 0.1) is 12.8 Å². The van der Waals surface area contributed by atoms with Crippen LogP contribution in [-0.4, -0.2) is 23.6 Å². The van der Waals surface area contributed by atoms with Gasteiger partial charge in [-0.2, -0.15) is 4.98 Å². The fourth-order valence-electron chi connectivity index (χ4n) is 2.96. The van der Waals surface area contributed by atoms with Crippen LogP contribution in [0.4, 0.5) is 11.8 Å². The van der Waals surface area contributed by atoms with Gasteiger partial charge in [-0.3, -0.25) is 0 Å². The molecule has 2 aromatic carbocycles. The fourth-order valence-corrected chi connectivity index (χ4v) is 2.96. The minimum Gasteiger partial charge on any atom is -0.496 e. The fraction of sp³-hybridized carbons (Fsp3) is 0.238. The molecule has 0 radical (unpaired) electrons. The molecule has 0 aliphatic rings. The number of rotatable bonds is 6. The van der Waals surface area contributed by atoms with Gasteiger partial charge in [0.1, 0.15) is 11.6 Å². The third-order valence-corrected chi connectivity index (χ3v) is 4.52. The first kappa shape index (κ1) is 17.7. The first-order valence-corrected chi connectivity index (χ1v) is 8.65. The summed E-state index contributed by atoms with van der Waals surface area (Å²) in [6.45, 7) is 4.91. The molecule has 0 atom stereocenters. The molecule has 3 rings (SSSR count). The van der Waals surface area contributed by atoms with Gasteiger partial charge in [-0.1, -0.05) is 36.4 Å². The van der Waals surface area contributed by atoms with Gasteiger partial charge in [0.15, 0.2) is 0 Å². The van der Waals surface area contributed by atoms with Gasteiger partial charge in [0, 0.05) is 18.2 Å². The summed E-state index contributed by atoms with van der Waals surface area (Å²) in [5.41, 5.74) is 11.4. The van der Waals surface area contributed by atoms with E-state index in [4.69, 9.17) is 10.5 Å². The Bertz CT molecular complexity index is 908. The number of ether oxygens (including phenoxy) is 1. The second kappa shape index (κ2) is 7.87. The highest BCUT2D eigenvalue weighted by atomic mass is 16.5. The van der Waals surface area contributed by atoms with Crippen LogP contribution in [0, 0.1) is 13.8 Å². The number of aromatic nitrogens is 2. The molecule has 26 heavy (non-hydrogen) atoms. The molecule has 3 aromatic rings. The number of hydrogen-bond acceptors (Lipinski definition) is 5. The van der Waals surface area contributed by atoms with E-state index in [0.29, 0.717) is 0 Å². The van der Waals surface area contributed by atoms with E-state index in [0.717, 1.165) is 41.4 Å². The lowest BCUT2D eigenvalue weighted by atomic mass is 10.0. The Morgan fingerprint density at radius 3 is 2.65 bits per heavy atom. The molecule has 5 nitrogen and oxygen atoms in total. The highest BCUT2D eigenvalue weighted by Gasteiger charge is 2.09. The van der Waals surface area contributed by atoms with Crippen LogP contribution >= 0.6 is 0 Å². The summed E-state index contributed by atoms with van der Waals surface area (Å²) < 4.78 is 5.40. The van der Waals surface area contributed by atoms with Crippen molar-refractivity contribution in [1.82, 2.24) is 9.97 Å². The lowest BCUT2D eigenvalue weighted by molar-refractivity contribution is 0.410. The number of hydrogen-bond donors (Lipinski definition) is 2. The Morgan fingerprint density at radius 1 is 1.04 bits per heavy atom. The molecule has 0 aliphatic carbocycles. The zero-order valence-corrected chi connectivity index (χ0v) is 15.4. The Morgan fingerprint density at radius 2 is 1.85 bits per heavy atom. The van der Waals surface area contributed by atoms with E-state index < -0.39 is 0 Å². The van der Waals surface area contributed by atoms with E-state index in [1.54, 1.807) is 7.11 Å². The lowest BCUT2D eigenvalue weighted by Gasteiger charge is -2.12. The normalized spacial score (nSPS) is 10.6. The topological polar surface area (TPSA) is 73.1 Å². The van der Waals surface area contributed by atoms with Crippen molar-refractivity contribution in [1.29, 1.82) is 0 Å². The predicted octanol–water partition coefficient (Wildman–Crippen LogP) is 4.01. The van der Waals surface area contributed by atoms with E-state index >= 15 is 0 Å². The molecule has 3 N–H and O–H groups in total. The van der Waals surface area contributed by atoms with Crippen LogP contribution in [0.5, 0.6) is 5.75 Å². The summed E-state index contributed by atoms with van der Waals surface area (Å²) in [6, 6.07) is 16.1. The number of aryl methyl sites for hydroxylation is 1. The maximum Gasteiger partial charge on any atom is 0.222 e. The third-order valence-electron chi connectivity index (χ3n) is 4.52. The van der Waals surface area contributed by atoms with Crippen molar-refractivity contribution in [3.63, 3.8) is 0 Å². The number of nitrogens with two attached hydrogens (primary N) is 1. The lowest BCUT2D eigenvalue weighted by Crippen LogP contribution is -2.09. The molecular weight excluding hydrogens is 324 g/mol. The minimum atomic E-state index is 0.267. The Balaban J connectivity index is 1.77. The highest BCUT2D eigenvalue weighted by molar-refractivity contribution is 5.68. The Hall–Kier alpha value is -3.08. The molecule has 1 aromatic heterocycles. The molecule has 0 fully saturated rings. The van der Waals surface area contributed by atoms with Gasteiger partial charge in [-0.05, 0) is 43.0 Å². The van der Waals surface area contributed by atoms with Crippen LogP contribution in [-0.2, 0) is 6.42 Å². The van der Waals surface area contributed by atoms with Crippen molar-refractivity contribution in [3.8, 4) is 17.0 Å². The summed E-state index contributed by atoms with van der Waals surface area (Å²) in [4.78, 5) is 8.72. The SMILES string of the molecule is COc1ccccc1CCNc1cc(-c2cccc(C)c2C)nc(N)n1. The molecule has 0 spiro atoms. The van der Waals surface area contributed by atoms with Crippen LogP contribution in [0.2, 0.25) is 0 Å². The highest BCUT2D eigenvalue weighted by Crippen LogP contribution is 2.26. The second-order valence-electron chi connectivity index (χ2n) is 6.23. The summed E-state index contributed by atoms with van der Waals surface area (Å²) >= 11 is 0. The molecule has 0 saturated carbocycles. The van der Waals surface area contributed by atoms with Crippen LogP contribution < -0.4 is 15.8 Å². The molecule has 5 heteroatoms. The largest absolute Gasteiger partial charge is 0.496 e. The van der Waals surface area contributed by atoms with E-state index in [9.17, 15) is 0 Å². The minimum absolute atomic E-state index is 0.267. The van der Waals surface area contributed by atoms with Crippen LogP contribution in [0.1, 0.15) is 16.7 Å². The third kappa shape index (κ3) is 3.94. The number of anilines is 2. The number of methoxy groups -OCH3 is 1. The van der Waals surface area contributed by atoms with E-state index in [2.05, 4.69) is 47.3 Å². The summed E-state index contributed by atoms with van der Waals surface area (Å²) in [5, 5.41) is 3.34. The molecule has 0 unspecified atom stereocenters. The van der Waals surface area contributed by atoms with Crippen molar-refractivity contribution in [2.45, 2.75) is 20.3 Å². The molecule has 0 amide bonds. The number of para-hydroxylation sites is 1. The quantitative estimate of drug-likeness (QED) is 0.704. The van der Waals surface area contributed by atoms with Gasteiger partial charge in [-0.15, -0.1) is 0 Å². The van der Waals surface area contributed by atoms with E-state index in [1.807, 2.05) is 30.3 Å². The van der Waals surface area contributed by atoms with Gasteiger partial charge < -0.3 is 15.8 Å². The standard InChI is InChI=1S/C21H24N4O/c1-14-7-6-9-17(15(14)2)18-13-20(25-21(22)24-18)23-12-11-16-8-4-5-10-19(16)26-3/h4-10,13H,11-12H2,1-3H3,(H3,22,23,24,25). The Labute approximate surface area is 154 Å². The molecule has 134 valence electrons. The van der Waals surface area contributed by atoms with Crippen LogP contribution in [0.3, 0.4) is 0 Å². The van der Waals surface area contributed by atoms with Crippen molar-refractivity contribution in [3.05, 3.63) is 65.2 Å². The molecule has 0 saturated heterocycles. The maximum atomic E-state index is 5.93. The molecule has 0 bridgehead atoms. The number of nitrogens with zero attached hydrogens (tertiary/aromatic N) is 2. The zero-order chi connectivity index (χ0) is 18.5. The van der Waals surface area contributed by atoms with Crippen molar-refractivity contribution in [2.24, 2.45) is 0 Å². The predicted molar refractivity (Wildman–Crippen MR) is 107 cm³/mol. The average molecular weight is 348 g/mol. The van der Waals surface area contributed by atoms with Crippen molar-refractivity contribution >= 4 is 11.8 Å². The monoisotopic (exact) mass is 348 g/mol.